The van der Waals surface area contributed by atoms with Gasteiger partial charge in [0.05, 0.1) is 11.8 Å². The SMILES string of the molecule is CSC1CCC(NC(=O)c2ccncc2F)C1. The molecular formula is C12H15FN2OS. The highest BCUT2D eigenvalue weighted by atomic mass is 32.2. The Kier molecular flexibility index (Phi) is 3.99. The van der Waals surface area contributed by atoms with Gasteiger partial charge >= 0.3 is 0 Å². The van der Waals surface area contributed by atoms with Crippen molar-refractivity contribution in [3.05, 3.63) is 29.8 Å². The molecule has 0 saturated heterocycles. The summed E-state index contributed by atoms with van der Waals surface area (Å²) in [5.41, 5.74) is 0.0765. The van der Waals surface area contributed by atoms with Gasteiger partial charge in [0, 0.05) is 17.5 Å². The molecule has 1 aromatic heterocycles. The fourth-order valence-corrected chi connectivity index (χ4v) is 2.90. The van der Waals surface area contributed by atoms with E-state index in [1.807, 2.05) is 11.8 Å². The summed E-state index contributed by atoms with van der Waals surface area (Å²) < 4.78 is 13.3. The van der Waals surface area contributed by atoms with Crippen molar-refractivity contribution < 1.29 is 9.18 Å². The number of hydrogen-bond donors (Lipinski definition) is 1. The molecule has 1 aromatic rings. The lowest BCUT2D eigenvalue weighted by molar-refractivity contribution is 0.0933. The first-order chi connectivity index (χ1) is 8.20. The monoisotopic (exact) mass is 254 g/mol. The maximum absolute atomic E-state index is 13.3. The molecule has 5 heteroatoms. The summed E-state index contributed by atoms with van der Waals surface area (Å²) in [6.45, 7) is 0. The average Bonchev–Trinajstić information content (AvgIpc) is 2.77. The predicted molar refractivity (Wildman–Crippen MR) is 66.6 cm³/mol. The molecule has 1 aliphatic rings. The Labute approximate surface area is 104 Å². The van der Waals surface area contributed by atoms with Crippen molar-refractivity contribution in [3.8, 4) is 0 Å². The number of thioether (sulfide) groups is 1. The first-order valence-corrected chi connectivity index (χ1v) is 6.92. The minimum absolute atomic E-state index is 0.0765. The minimum Gasteiger partial charge on any atom is -0.349 e. The molecule has 1 fully saturated rings. The molecule has 1 heterocycles. The largest absolute Gasteiger partial charge is 0.349 e. The lowest BCUT2D eigenvalue weighted by Gasteiger charge is -2.12. The summed E-state index contributed by atoms with van der Waals surface area (Å²) in [6.07, 6.45) is 7.64. The van der Waals surface area contributed by atoms with Crippen molar-refractivity contribution in [3.63, 3.8) is 0 Å². The number of nitrogens with one attached hydrogen (secondary N) is 1. The van der Waals surface area contributed by atoms with Crippen LogP contribution in [-0.4, -0.2) is 28.4 Å². The van der Waals surface area contributed by atoms with E-state index in [4.69, 9.17) is 0 Å². The van der Waals surface area contributed by atoms with Crippen molar-refractivity contribution in [2.75, 3.05) is 6.26 Å². The van der Waals surface area contributed by atoms with Gasteiger partial charge < -0.3 is 5.32 Å². The minimum atomic E-state index is -0.565. The van der Waals surface area contributed by atoms with Gasteiger partial charge in [-0.1, -0.05) is 0 Å². The van der Waals surface area contributed by atoms with E-state index >= 15 is 0 Å². The summed E-state index contributed by atoms with van der Waals surface area (Å²) in [7, 11) is 0. The van der Waals surface area contributed by atoms with Crippen LogP contribution in [0.5, 0.6) is 0 Å². The van der Waals surface area contributed by atoms with Crippen molar-refractivity contribution >= 4 is 17.7 Å². The zero-order valence-electron chi connectivity index (χ0n) is 9.65. The Morgan fingerprint density at radius 2 is 2.41 bits per heavy atom. The van der Waals surface area contributed by atoms with E-state index in [9.17, 15) is 9.18 Å². The summed E-state index contributed by atoms with van der Waals surface area (Å²) in [6, 6.07) is 1.58. The van der Waals surface area contributed by atoms with Gasteiger partial charge in [-0.25, -0.2) is 4.39 Å². The maximum atomic E-state index is 13.3. The molecule has 0 radical (unpaired) electrons. The number of carbonyl (C=O) groups excluding carboxylic acids is 1. The molecular weight excluding hydrogens is 239 g/mol. The number of carbonyl (C=O) groups is 1. The number of pyridine rings is 1. The Morgan fingerprint density at radius 3 is 3.06 bits per heavy atom. The molecule has 1 amide bonds. The first kappa shape index (κ1) is 12.4. The van der Waals surface area contributed by atoms with Gasteiger partial charge in [0.1, 0.15) is 0 Å². The molecule has 0 bridgehead atoms. The lowest BCUT2D eigenvalue weighted by atomic mass is 10.2. The molecule has 92 valence electrons. The van der Waals surface area contributed by atoms with Crippen LogP contribution < -0.4 is 5.32 Å². The number of aromatic nitrogens is 1. The van der Waals surface area contributed by atoms with E-state index in [0.717, 1.165) is 25.5 Å². The second kappa shape index (κ2) is 5.49. The van der Waals surface area contributed by atoms with Crippen LogP contribution in [-0.2, 0) is 0 Å². The molecule has 2 rings (SSSR count). The lowest BCUT2D eigenvalue weighted by Crippen LogP contribution is -2.33. The second-order valence-electron chi connectivity index (χ2n) is 4.20. The van der Waals surface area contributed by atoms with Crippen LogP contribution in [0.3, 0.4) is 0 Å². The molecule has 17 heavy (non-hydrogen) atoms. The molecule has 2 atom stereocenters. The zero-order chi connectivity index (χ0) is 12.3. The van der Waals surface area contributed by atoms with Crippen LogP contribution in [0.1, 0.15) is 29.6 Å². The van der Waals surface area contributed by atoms with Gasteiger partial charge in [-0.15, -0.1) is 0 Å². The normalized spacial score (nSPS) is 23.6. The topological polar surface area (TPSA) is 42.0 Å². The van der Waals surface area contributed by atoms with Crippen LogP contribution >= 0.6 is 11.8 Å². The first-order valence-electron chi connectivity index (χ1n) is 5.64. The summed E-state index contributed by atoms with van der Waals surface area (Å²) in [5.74, 6) is -0.902. The van der Waals surface area contributed by atoms with Crippen molar-refractivity contribution in [1.82, 2.24) is 10.3 Å². The van der Waals surface area contributed by atoms with Gasteiger partial charge in [0.25, 0.3) is 5.91 Å². The van der Waals surface area contributed by atoms with E-state index in [-0.39, 0.29) is 17.5 Å². The second-order valence-corrected chi connectivity index (χ2v) is 5.33. The Hall–Kier alpha value is -1.10. The third kappa shape index (κ3) is 2.97. The number of halogens is 1. The van der Waals surface area contributed by atoms with Crippen molar-refractivity contribution in [2.24, 2.45) is 0 Å². The number of amides is 1. The molecule has 1 aliphatic carbocycles. The quantitative estimate of drug-likeness (QED) is 0.899. The summed E-state index contributed by atoms with van der Waals surface area (Å²) in [4.78, 5) is 15.5. The van der Waals surface area contributed by atoms with Crippen molar-refractivity contribution in [2.45, 2.75) is 30.6 Å². The van der Waals surface area contributed by atoms with Gasteiger partial charge in [-0.2, -0.15) is 11.8 Å². The molecule has 0 aliphatic heterocycles. The Balaban J connectivity index is 1.96. The summed E-state index contributed by atoms with van der Waals surface area (Å²) in [5, 5.41) is 3.49. The third-order valence-electron chi connectivity index (χ3n) is 3.07. The van der Waals surface area contributed by atoms with Gasteiger partial charge in [0.15, 0.2) is 5.82 Å². The van der Waals surface area contributed by atoms with Gasteiger partial charge in [-0.05, 0) is 31.6 Å². The Morgan fingerprint density at radius 1 is 1.59 bits per heavy atom. The van der Waals surface area contributed by atoms with E-state index in [1.165, 1.54) is 12.3 Å². The smallest absolute Gasteiger partial charge is 0.254 e. The molecule has 0 spiro atoms. The van der Waals surface area contributed by atoms with Gasteiger partial charge in [0.2, 0.25) is 0 Å². The van der Waals surface area contributed by atoms with Crippen molar-refractivity contribution in [1.29, 1.82) is 0 Å². The van der Waals surface area contributed by atoms with Crippen LogP contribution in [0.15, 0.2) is 18.5 Å². The van der Waals surface area contributed by atoms with Crippen LogP contribution in [0.2, 0.25) is 0 Å². The van der Waals surface area contributed by atoms with Crippen LogP contribution in [0.4, 0.5) is 4.39 Å². The Bertz CT molecular complexity index is 413. The molecule has 3 nitrogen and oxygen atoms in total. The molecule has 2 unspecified atom stereocenters. The van der Waals surface area contributed by atoms with E-state index < -0.39 is 5.82 Å². The van der Waals surface area contributed by atoms with Crippen LogP contribution in [0.25, 0.3) is 0 Å². The number of rotatable bonds is 3. The third-order valence-corrected chi connectivity index (χ3v) is 4.16. The maximum Gasteiger partial charge on any atom is 0.254 e. The highest BCUT2D eigenvalue weighted by molar-refractivity contribution is 7.99. The molecule has 1 saturated carbocycles. The van der Waals surface area contributed by atoms with Gasteiger partial charge in [-0.3, -0.25) is 9.78 Å². The molecule has 0 aromatic carbocycles. The number of hydrogen-bond acceptors (Lipinski definition) is 3. The van der Waals surface area contributed by atoms with E-state index in [1.54, 1.807) is 0 Å². The summed E-state index contributed by atoms with van der Waals surface area (Å²) >= 11 is 1.83. The number of nitrogens with zero attached hydrogens (tertiary/aromatic N) is 1. The average molecular weight is 254 g/mol. The highest BCUT2D eigenvalue weighted by Crippen LogP contribution is 2.28. The van der Waals surface area contributed by atoms with Crippen LogP contribution in [0, 0.1) is 5.82 Å². The molecule has 1 N–H and O–H groups in total. The fourth-order valence-electron chi connectivity index (χ4n) is 2.11. The standard InChI is InChI=1S/C12H15FN2OS/c1-17-9-3-2-8(6-9)15-12(16)10-4-5-14-7-11(10)13/h4-5,7-9H,2-3,6H2,1H3,(H,15,16). The van der Waals surface area contributed by atoms with E-state index in [0.29, 0.717) is 5.25 Å². The zero-order valence-corrected chi connectivity index (χ0v) is 10.5. The highest BCUT2D eigenvalue weighted by Gasteiger charge is 2.26. The van der Waals surface area contributed by atoms with E-state index in [2.05, 4.69) is 16.6 Å². The predicted octanol–water partition coefficient (Wildman–Crippen LogP) is 2.23. The fraction of sp³-hybridized carbons (Fsp3) is 0.500.